The lowest BCUT2D eigenvalue weighted by Crippen LogP contribution is -2.46. The molecule has 3 rings (SSSR count). The van der Waals surface area contributed by atoms with E-state index in [1.165, 1.54) is 17.0 Å². The third kappa shape index (κ3) is 4.76. The van der Waals surface area contributed by atoms with Gasteiger partial charge in [-0.15, -0.1) is 0 Å². The zero-order valence-corrected chi connectivity index (χ0v) is 16.2. The molecule has 1 spiro atoms. The minimum atomic E-state index is -4.77. The number of aliphatic hydroxyl groups is 2. The van der Waals surface area contributed by atoms with Crippen molar-refractivity contribution in [1.82, 2.24) is 0 Å². The maximum absolute atomic E-state index is 13.1. The predicted octanol–water partition coefficient (Wildman–Crippen LogP) is 3.59. The number of aliphatic hydroxyl groups excluding tert-OH is 1. The van der Waals surface area contributed by atoms with E-state index in [1.807, 2.05) is 0 Å². The fourth-order valence-electron chi connectivity index (χ4n) is 4.23. The Morgan fingerprint density at radius 2 is 1.67 bits per heavy atom. The molecule has 5 nitrogen and oxygen atoms in total. The molecule has 10 heteroatoms. The molecular formula is C20H24F5NO4. The van der Waals surface area contributed by atoms with Crippen LogP contribution in [0.1, 0.15) is 43.8 Å². The lowest BCUT2D eigenvalue weighted by Gasteiger charge is -2.40. The lowest BCUT2D eigenvalue weighted by atomic mass is 9.68. The van der Waals surface area contributed by atoms with Gasteiger partial charge in [0.1, 0.15) is 6.61 Å². The Morgan fingerprint density at radius 1 is 1.07 bits per heavy atom. The van der Waals surface area contributed by atoms with E-state index in [1.54, 1.807) is 0 Å². The van der Waals surface area contributed by atoms with E-state index in [2.05, 4.69) is 0 Å². The van der Waals surface area contributed by atoms with Crippen molar-refractivity contribution in [2.75, 3.05) is 24.7 Å². The van der Waals surface area contributed by atoms with Gasteiger partial charge in [0.05, 0.1) is 17.6 Å². The molecule has 168 valence electrons. The van der Waals surface area contributed by atoms with Gasteiger partial charge in [0.2, 0.25) is 5.91 Å². The summed E-state index contributed by atoms with van der Waals surface area (Å²) in [5.74, 6) is -0.165. The molecule has 1 aromatic rings. The smallest absolute Gasteiger partial charge is 0.387 e. The van der Waals surface area contributed by atoms with Crippen LogP contribution < -0.4 is 4.90 Å². The Hall–Kier alpha value is -1.78. The molecule has 2 aliphatic rings. The Kier molecular flexibility index (Phi) is 6.41. The number of hydrogen-bond acceptors (Lipinski definition) is 4. The zero-order valence-electron chi connectivity index (χ0n) is 16.2. The predicted molar refractivity (Wildman–Crippen MR) is 97.1 cm³/mol. The van der Waals surface area contributed by atoms with Crippen molar-refractivity contribution < 1.29 is 41.7 Å². The summed E-state index contributed by atoms with van der Waals surface area (Å²) in [6.45, 7) is -0.576. The van der Waals surface area contributed by atoms with Crippen LogP contribution in [0.15, 0.2) is 24.3 Å². The summed E-state index contributed by atoms with van der Waals surface area (Å²) in [6, 6.07) is 5.04. The van der Waals surface area contributed by atoms with E-state index < -0.39 is 36.3 Å². The standard InChI is InChI=1S/C20H24F5NO4/c21-15(22)11-30-12-19(29)7-5-18(6-8-19)9-10-26(17(18)28)14-3-1-13(2-4-14)16(27)20(23,24)25/h1-4,15-16,27,29H,5-12H2/t16-,18?,19?/m1/s1. The molecule has 1 saturated carbocycles. The van der Waals surface area contributed by atoms with Gasteiger partial charge in [0.25, 0.3) is 6.43 Å². The van der Waals surface area contributed by atoms with Gasteiger partial charge in [0, 0.05) is 12.2 Å². The highest BCUT2D eigenvalue weighted by Crippen LogP contribution is 2.48. The van der Waals surface area contributed by atoms with Gasteiger partial charge in [0.15, 0.2) is 6.10 Å². The molecule has 0 bridgehead atoms. The quantitative estimate of drug-likeness (QED) is 0.668. The van der Waals surface area contributed by atoms with Crippen molar-refractivity contribution in [3.63, 3.8) is 0 Å². The first kappa shape index (κ1) is 22.9. The van der Waals surface area contributed by atoms with E-state index in [0.717, 1.165) is 12.1 Å². The maximum atomic E-state index is 13.1. The Balaban J connectivity index is 1.62. The average Bonchev–Trinajstić information content (AvgIpc) is 2.99. The topological polar surface area (TPSA) is 70.0 Å². The average molecular weight is 437 g/mol. The second-order valence-electron chi connectivity index (χ2n) is 8.15. The number of carbonyl (C=O) groups is 1. The second kappa shape index (κ2) is 8.39. The molecule has 2 fully saturated rings. The van der Waals surface area contributed by atoms with Crippen molar-refractivity contribution in [2.45, 2.75) is 56.4 Å². The summed E-state index contributed by atoms with van der Waals surface area (Å²) >= 11 is 0. The SMILES string of the molecule is O=C1N(c2ccc([C@@H](O)C(F)(F)F)cc2)CCC12CCC(O)(COCC(F)F)CC2. The molecule has 1 aromatic carbocycles. The summed E-state index contributed by atoms with van der Waals surface area (Å²) in [6.07, 6.45) is -8.20. The van der Waals surface area contributed by atoms with Crippen LogP contribution in [0.4, 0.5) is 27.6 Å². The van der Waals surface area contributed by atoms with Crippen molar-refractivity contribution in [3.05, 3.63) is 29.8 Å². The van der Waals surface area contributed by atoms with Crippen LogP contribution in [0.3, 0.4) is 0 Å². The molecule has 0 unspecified atom stereocenters. The van der Waals surface area contributed by atoms with E-state index in [4.69, 9.17) is 4.74 Å². The fraction of sp³-hybridized carbons (Fsp3) is 0.650. The number of hydrogen-bond donors (Lipinski definition) is 2. The Bertz CT molecular complexity index is 745. The molecule has 1 amide bonds. The van der Waals surface area contributed by atoms with E-state index >= 15 is 0 Å². The van der Waals surface area contributed by atoms with Crippen LogP contribution in [0.5, 0.6) is 0 Å². The van der Waals surface area contributed by atoms with Crippen LogP contribution in [0, 0.1) is 5.41 Å². The zero-order chi connectivity index (χ0) is 22.2. The van der Waals surface area contributed by atoms with Crippen LogP contribution >= 0.6 is 0 Å². The van der Waals surface area contributed by atoms with Gasteiger partial charge in [-0.2, -0.15) is 13.2 Å². The highest BCUT2D eigenvalue weighted by Gasteiger charge is 2.51. The summed E-state index contributed by atoms with van der Waals surface area (Å²) in [7, 11) is 0. The number of anilines is 1. The number of carbonyl (C=O) groups excluding carboxylic acids is 1. The van der Waals surface area contributed by atoms with Gasteiger partial charge in [-0.3, -0.25) is 4.79 Å². The first-order chi connectivity index (χ1) is 14.0. The third-order valence-electron chi connectivity index (χ3n) is 6.10. The first-order valence-corrected chi connectivity index (χ1v) is 9.71. The van der Waals surface area contributed by atoms with Gasteiger partial charge >= 0.3 is 6.18 Å². The molecular weight excluding hydrogens is 413 g/mol. The number of alkyl halides is 5. The summed E-state index contributed by atoms with van der Waals surface area (Å²) in [5.41, 5.74) is -1.79. The van der Waals surface area contributed by atoms with Crippen molar-refractivity contribution in [1.29, 1.82) is 0 Å². The van der Waals surface area contributed by atoms with Crippen molar-refractivity contribution in [3.8, 4) is 0 Å². The second-order valence-corrected chi connectivity index (χ2v) is 8.15. The fourth-order valence-corrected chi connectivity index (χ4v) is 4.23. The molecule has 1 saturated heterocycles. The maximum Gasteiger partial charge on any atom is 0.418 e. The molecule has 0 aromatic heterocycles. The minimum Gasteiger partial charge on any atom is -0.387 e. The lowest BCUT2D eigenvalue weighted by molar-refractivity contribution is -0.206. The molecule has 2 N–H and O–H groups in total. The highest BCUT2D eigenvalue weighted by molar-refractivity contribution is 6.00. The van der Waals surface area contributed by atoms with Crippen LogP contribution in [-0.4, -0.2) is 54.1 Å². The molecule has 1 atom stereocenters. The van der Waals surface area contributed by atoms with Gasteiger partial charge in [-0.25, -0.2) is 8.78 Å². The highest BCUT2D eigenvalue weighted by atomic mass is 19.4. The van der Waals surface area contributed by atoms with Crippen molar-refractivity contribution >= 4 is 11.6 Å². The van der Waals surface area contributed by atoms with E-state index in [9.17, 15) is 37.0 Å². The van der Waals surface area contributed by atoms with Gasteiger partial charge < -0.3 is 19.8 Å². The summed E-state index contributed by atoms with van der Waals surface area (Å²) in [4.78, 5) is 14.6. The third-order valence-corrected chi connectivity index (χ3v) is 6.10. The van der Waals surface area contributed by atoms with Crippen LogP contribution in [-0.2, 0) is 9.53 Å². The number of nitrogens with zero attached hydrogens (tertiary/aromatic N) is 1. The Morgan fingerprint density at radius 3 is 2.20 bits per heavy atom. The number of rotatable bonds is 6. The number of halogens is 5. The molecule has 1 aliphatic carbocycles. The van der Waals surface area contributed by atoms with Crippen LogP contribution in [0.25, 0.3) is 0 Å². The van der Waals surface area contributed by atoms with E-state index in [0.29, 0.717) is 31.5 Å². The monoisotopic (exact) mass is 437 g/mol. The van der Waals surface area contributed by atoms with Crippen molar-refractivity contribution in [2.24, 2.45) is 5.41 Å². The van der Waals surface area contributed by atoms with Gasteiger partial charge in [-0.1, -0.05) is 12.1 Å². The molecule has 30 heavy (non-hydrogen) atoms. The van der Waals surface area contributed by atoms with Gasteiger partial charge in [-0.05, 0) is 49.8 Å². The number of ether oxygens (including phenoxy) is 1. The normalized spacial score (nSPS) is 28.5. The largest absolute Gasteiger partial charge is 0.418 e. The summed E-state index contributed by atoms with van der Waals surface area (Å²) in [5, 5.41) is 19.9. The Labute approximate surface area is 170 Å². The van der Waals surface area contributed by atoms with Crippen LogP contribution in [0.2, 0.25) is 0 Å². The molecule has 0 radical (unpaired) electrons. The minimum absolute atomic E-state index is 0.165. The molecule has 1 aliphatic heterocycles. The first-order valence-electron chi connectivity index (χ1n) is 9.71. The number of amides is 1. The number of benzene rings is 1. The molecule has 1 heterocycles. The van der Waals surface area contributed by atoms with E-state index in [-0.39, 0.29) is 30.9 Å². The summed E-state index contributed by atoms with van der Waals surface area (Å²) < 4.78 is 67.2.